The van der Waals surface area contributed by atoms with Crippen molar-refractivity contribution in [2.24, 2.45) is 0 Å². The normalized spacial score (nSPS) is 10.5. The molecule has 0 fully saturated rings. The van der Waals surface area contributed by atoms with Gasteiger partial charge in [0.1, 0.15) is 22.9 Å². The second-order valence-electron chi connectivity index (χ2n) is 4.97. The molecule has 2 aromatic heterocycles. The van der Waals surface area contributed by atoms with Crippen molar-refractivity contribution < 1.29 is 9.66 Å². The topological polar surface area (TPSA) is 103 Å². The predicted molar refractivity (Wildman–Crippen MR) is 90.7 cm³/mol. The number of rotatable bonds is 8. The molecule has 0 spiro atoms. The summed E-state index contributed by atoms with van der Waals surface area (Å²) in [6.45, 7) is 4.85. The summed E-state index contributed by atoms with van der Waals surface area (Å²) in [5.74, 6) is 1.64. The number of anilines is 1. The number of halogens is 1. The molecule has 128 valence electrons. The third-order valence-corrected chi connectivity index (χ3v) is 3.56. The Balaban J connectivity index is 1.79. The van der Waals surface area contributed by atoms with E-state index in [-0.39, 0.29) is 5.69 Å². The molecule has 0 saturated carbocycles. The predicted octanol–water partition coefficient (Wildman–Crippen LogP) is 3.19. The number of nitro groups is 1. The van der Waals surface area contributed by atoms with E-state index in [1.165, 1.54) is 18.3 Å². The van der Waals surface area contributed by atoms with Crippen LogP contribution in [0.1, 0.15) is 24.9 Å². The average molecular weight is 352 g/mol. The minimum Gasteiger partial charge on any atom is -0.478 e. The molecule has 0 amide bonds. The largest absolute Gasteiger partial charge is 0.478 e. The van der Waals surface area contributed by atoms with Gasteiger partial charge in [0.25, 0.3) is 5.69 Å². The molecule has 2 rings (SSSR count). The van der Waals surface area contributed by atoms with Gasteiger partial charge < -0.3 is 10.1 Å². The van der Waals surface area contributed by atoms with Crippen LogP contribution in [0.15, 0.2) is 18.3 Å². The number of hydrogen-bond acceptors (Lipinski definition) is 7. The fourth-order valence-corrected chi connectivity index (χ4v) is 2.27. The molecule has 0 bridgehead atoms. The molecule has 0 aliphatic rings. The van der Waals surface area contributed by atoms with Crippen molar-refractivity contribution in [3.05, 3.63) is 45.0 Å². The molecule has 0 aliphatic heterocycles. The lowest BCUT2D eigenvalue weighted by atomic mass is 10.3. The monoisotopic (exact) mass is 351 g/mol. The maximum atomic E-state index is 10.5. The molecule has 9 heteroatoms. The first kappa shape index (κ1) is 17.9. The summed E-state index contributed by atoms with van der Waals surface area (Å²) >= 11 is 6.25. The molecule has 0 radical (unpaired) electrons. The number of hydrogen-bond donors (Lipinski definition) is 1. The molecule has 24 heavy (non-hydrogen) atoms. The average Bonchev–Trinajstić information content (AvgIpc) is 2.57. The van der Waals surface area contributed by atoms with E-state index in [4.69, 9.17) is 16.3 Å². The van der Waals surface area contributed by atoms with Crippen molar-refractivity contribution in [2.45, 2.75) is 26.7 Å². The molecule has 0 saturated heterocycles. The van der Waals surface area contributed by atoms with Gasteiger partial charge in [-0.2, -0.15) is 0 Å². The van der Waals surface area contributed by atoms with Crippen LogP contribution < -0.4 is 10.1 Å². The lowest BCUT2D eigenvalue weighted by molar-refractivity contribution is -0.385. The van der Waals surface area contributed by atoms with E-state index in [0.717, 1.165) is 12.1 Å². The number of pyridine rings is 1. The second kappa shape index (κ2) is 8.39. The molecule has 2 heterocycles. The zero-order chi connectivity index (χ0) is 17.5. The minimum atomic E-state index is -0.501. The third-order valence-electron chi connectivity index (χ3n) is 3.16. The quantitative estimate of drug-likeness (QED) is 0.442. The Morgan fingerprint density at radius 1 is 1.38 bits per heavy atom. The van der Waals surface area contributed by atoms with E-state index in [9.17, 15) is 10.1 Å². The minimum absolute atomic E-state index is 0.0653. The van der Waals surface area contributed by atoms with Crippen LogP contribution in [0.2, 0.25) is 5.02 Å². The smallest absolute Gasteiger partial charge is 0.287 e. The second-order valence-corrected chi connectivity index (χ2v) is 5.35. The fourth-order valence-electron chi connectivity index (χ4n) is 1.99. The lowest BCUT2D eigenvalue weighted by Crippen LogP contribution is -2.11. The van der Waals surface area contributed by atoms with Crippen molar-refractivity contribution in [3.8, 4) is 5.88 Å². The molecular formula is C15H18ClN5O3. The van der Waals surface area contributed by atoms with E-state index in [1.807, 2.05) is 13.8 Å². The Morgan fingerprint density at radius 2 is 2.17 bits per heavy atom. The zero-order valence-electron chi connectivity index (χ0n) is 13.5. The van der Waals surface area contributed by atoms with Crippen molar-refractivity contribution >= 4 is 23.1 Å². The fraction of sp³-hybridized carbons (Fsp3) is 0.400. The van der Waals surface area contributed by atoms with E-state index in [2.05, 4.69) is 20.3 Å². The highest BCUT2D eigenvalue weighted by Crippen LogP contribution is 2.23. The summed E-state index contributed by atoms with van der Waals surface area (Å²) in [4.78, 5) is 22.5. The summed E-state index contributed by atoms with van der Waals surface area (Å²) in [5, 5.41) is 14.2. The zero-order valence-corrected chi connectivity index (χ0v) is 14.2. The summed E-state index contributed by atoms with van der Waals surface area (Å²) in [6, 6.07) is 2.83. The van der Waals surface area contributed by atoms with Gasteiger partial charge in [-0.3, -0.25) is 10.1 Å². The van der Waals surface area contributed by atoms with Gasteiger partial charge in [0, 0.05) is 18.7 Å². The van der Waals surface area contributed by atoms with Crippen LogP contribution >= 0.6 is 11.6 Å². The maximum absolute atomic E-state index is 10.5. The number of nitrogens with zero attached hydrogens (tertiary/aromatic N) is 4. The highest BCUT2D eigenvalue weighted by molar-refractivity contribution is 6.33. The molecule has 8 nitrogen and oxygen atoms in total. The summed E-state index contributed by atoms with van der Waals surface area (Å²) in [7, 11) is 0. The van der Waals surface area contributed by atoms with Gasteiger partial charge in [-0.05, 0) is 19.8 Å². The number of nitrogens with one attached hydrogen (secondary N) is 1. The van der Waals surface area contributed by atoms with Gasteiger partial charge in [0.05, 0.1) is 17.2 Å². The van der Waals surface area contributed by atoms with Crippen LogP contribution in [-0.2, 0) is 6.42 Å². The molecule has 0 aliphatic carbocycles. The van der Waals surface area contributed by atoms with E-state index >= 15 is 0 Å². The highest BCUT2D eigenvalue weighted by Gasteiger charge is 2.09. The lowest BCUT2D eigenvalue weighted by Gasteiger charge is -2.11. The first-order valence-corrected chi connectivity index (χ1v) is 7.89. The number of aromatic nitrogens is 3. The molecule has 0 aromatic carbocycles. The molecule has 2 aromatic rings. The van der Waals surface area contributed by atoms with Crippen molar-refractivity contribution in [1.82, 2.24) is 15.0 Å². The SMILES string of the molecule is CCc1nc(C)nc(NCCCOc2ccc([N+](=O)[O-])cn2)c1Cl. The molecule has 0 atom stereocenters. The Labute approximate surface area is 144 Å². The number of aryl methyl sites for hydroxylation is 2. The van der Waals surface area contributed by atoms with Gasteiger partial charge in [-0.15, -0.1) is 0 Å². The molecule has 1 N–H and O–H groups in total. The van der Waals surface area contributed by atoms with Gasteiger partial charge in [0.2, 0.25) is 5.88 Å². The maximum Gasteiger partial charge on any atom is 0.287 e. The highest BCUT2D eigenvalue weighted by atomic mass is 35.5. The molecular weight excluding hydrogens is 334 g/mol. The van der Waals surface area contributed by atoms with Gasteiger partial charge in [-0.25, -0.2) is 15.0 Å². The van der Waals surface area contributed by atoms with E-state index < -0.39 is 4.92 Å². The van der Waals surface area contributed by atoms with Crippen molar-refractivity contribution in [3.63, 3.8) is 0 Å². The molecule has 0 unspecified atom stereocenters. The summed E-state index contributed by atoms with van der Waals surface area (Å²) in [5.41, 5.74) is 0.752. The van der Waals surface area contributed by atoms with Crippen LogP contribution in [0.25, 0.3) is 0 Å². The Bertz CT molecular complexity index is 709. The first-order chi connectivity index (χ1) is 11.5. The van der Waals surface area contributed by atoms with E-state index in [0.29, 0.717) is 42.1 Å². The summed E-state index contributed by atoms with van der Waals surface area (Å²) in [6.07, 6.45) is 2.61. The van der Waals surface area contributed by atoms with Crippen LogP contribution in [-0.4, -0.2) is 33.0 Å². The van der Waals surface area contributed by atoms with Crippen LogP contribution in [0, 0.1) is 17.0 Å². The standard InChI is InChI=1S/C15H18ClN5O3/c1-3-12-14(16)15(20-10(2)19-12)17-7-4-8-24-13-6-5-11(9-18-13)21(22)23/h5-6,9H,3-4,7-8H2,1-2H3,(H,17,19,20). The summed E-state index contributed by atoms with van der Waals surface area (Å²) < 4.78 is 5.44. The van der Waals surface area contributed by atoms with Crippen molar-refractivity contribution in [2.75, 3.05) is 18.5 Å². The number of ether oxygens (including phenoxy) is 1. The Kier molecular flexibility index (Phi) is 6.25. The Morgan fingerprint density at radius 3 is 2.79 bits per heavy atom. The van der Waals surface area contributed by atoms with E-state index in [1.54, 1.807) is 0 Å². The first-order valence-electron chi connectivity index (χ1n) is 7.51. The van der Waals surface area contributed by atoms with Crippen LogP contribution in [0.4, 0.5) is 11.5 Å². The van der Waals surface area contributed by atoms with Crippen LogP contribution in [0.3, 0.4) is 0 Å². The Hall–Kier alpha value is -2.48. The third kappa shape index (κ3) is 4.76. The van der Waals surface area contributed by atoms with Gasteiger partial charge >= 0.3 is 0 Å². The van der Waals surface area contributed by atoms with Gasteiger partial charge in [-0.1, -0.05) is 18.5 Å². The van der Waals surface area contributed by atoms with Gasteiger partial charge in [0.15, 0.2) is 0 Å². The van der Waals surface area contributed by atoms with Crippen LogP contribution in [0.5, 0.6) is 5.88 Å². The van der Waals surface area contributed by atoms with Crippen molar-refractivity contribution in [1.29, 1.82) is 0 Å².